The van der Waals surface area contributed by atoms with Crippen LogP contribution in [0.3, 0.4) is 0 Å². The molecule has 27 heavy (non-hydrogen) atoms. The number of rotatable bonds is 4. The summed E-state index contributed by atoms with van der Waals surface area (Å²) in [7, 11) is 1.44. The van der Waals surface area contributed by atoms with Crippen LogP contribution in [0.2, 0.25) is 5.02 Å². The van der Waals surface area contributed by atoms with E-state index in [1.807, 2.05) is 6.07 Å². The van der Waals surface area contributed by atoms with Gasteiger partial charge in [-0.25, -0.2) is 0 Å². The van der Waals surface area contributed by atoms with Crippen LogP contribution in [-0.4, -0.2) is 29.9 Å². The number of nitro groups is 1. The third-order valence-electron chi connectivity index (χ3n) is 3.83. The van der Waals surface area contributed by atoms with Crippen molar-refractivity contribution in [2.24, 2.45) is 7.05 Å². The fraction of sp³-hybridized carbons (Fsp3) is 0.0667. The number of H-pyrrole nitrogens is 1. The molecule has 4 rings (SSSR count). The van der Waals surface area contributed by atoms with E-state index >= 15 is 0 Å². The van der Waals surface area contributed by atoms with Crippen molar-refractivity contribution in [2.45, 2.75) is 0 Å². The first-order valence-corrected chi connectivity index (χ1v) is 8.71. The van der Waals surface area contributed by atoms with E-state index in [9.17, 15) is 14.9 Å². The second-order valence-corrected chi connectivity index (χ2v) is 6.94. The normalized spacial score (nSPS) is 11.0. The maximum atomic E-state index is 11.8. The van der Waals surface area contributed by atoms with Crippen molar-refractivity contribution >= 4 is 50.3 Å². The molecule has 0 radical (unpaired) electrons. The molecule has 136 valence electrons. The Morgan fingerprint density at radius 2 is 2.19 bits per heavy atom. The van der Waals surface area contributed by atoms with Crippen molar-refractivity contribution in [2.75, 3.05) is 5.32 Å². The van der Waals surface area contributed by atoms with Crippen LogP contribution in [0.4, 0.5) is 16.5 Å². The Hall–Kier alpha value is -3.31. The molecule has 3 heterocycles. The molecule has 2 N–H and O–H groups in total. The number of hydrogen-bond donors (Lipinski definition) is 2. The van der Waals surface area contributed by atoms with E-state index in [4.69, 9.17) is 11.6 Å². The second kappa shape index (κ2) is 6.45. The highest BCUT2D eigenvalue weighted by molar-refractivity contribution is 7.18. The van der Waals surface area contributed by atoms with Gasteiger partial charge in [-0.15, -0.1) is 10.2 Å². The fourth-order valence-corrected chi connectivity index (χ4v) is 3.52. The molecular weight excluding hydrogens is 394 g/mol. The Balaban J connectivity index is 1.68. The van der Waals surface area contributed by atoms with Gasteiger partial charge in [-0.05, 0) is 12.1 Å². The van der Waals surface area contributed by atoms with Crippen molar-refractivity contribution < 1.29 is 4.92 Å². The number of aromatic nitrogens is 5. The van der Waals surface area contributed by atoms with Gasteiger partial charge in [-0.1, -0.05) is 22.9 Å². The van der Waals surface area contributed by atoms with Gasteiger partial charge in [0.2, 0.25) is 5.13 Å². The maximum Gasteiger partial charge on any atom is 0.334 e. The van der Waals surface area contributed by atoms with Gasteiger partial charge in [0.1, 0.15) is 0 Å². The van der Waals surface area contributed by atoms with E-state index in [0.29, 0.717) is 26.4 Å². The third-order valence-corrected chi connectivity index (χ3v) is 5.13. The van der Waals surface area contributed by atoms with Crippen molar-refractivity contribution in [1.82, 2.24) is 25.0 Å². The minimum absolute atomic E-state index is 0.422. The summed E-state index contributed by atoms with van der Waals surface area (Å²) in [5, 5.41) is 31.1. The van der Waals surface area contributed by atoms with Crippen molar-refractivity contribution in [3.8, 4) is 10.6 Å². The molecule has 0 saturated heterocycles. The Labute approximate surface area is 159 Å². The lowest BCUT2D eigenvalue weighted by Crippen LogP contribution is -2.19. The van der Waals surface area contributed by atoms with Gasteiger partial charge in [0, 0.05) is 30.3 Å². The summed E-state index contributed by atoms with van der Waals surface area (Å²) in [5.41, 5.74) is 0.645. The minimum atomic E-state index is -0.716. The zero-order valence-electron chi connectivity index (χ0n) is 13.6. The predicted molar refractivity (Wildman–Crippen MR) is 102 cm³/mol. The first-order chi connectivity index (χ1) is 12.9. The Morgan fingerprint density at radius 3 is 2.96 bits per heavy atom. The molecule has 0 spiro atoms. The van der Waals surface area contributed by atoms with E-state index < -0.39 is 16.2 Å². The van der Waals surface area contributed by atoms with E-state index in [1.165, 1.54) is 30.6 Å². The first kappa shape index (κ1) is 17.1. The summed E-state index contributed by atoms with van der Waals surface area (Å²) in [6.45, 7) is 0. The molecule has 12 heteroatoms. The fourth-order valence-electron chi connectivity index (χ4n) is 2.53. The molecule has 4 aromatic rings. The number of hydrogen-bond acceptors (Lipinski definition) is 8. The van der Waals surface area contributed by atoms with Crippen molar-refractivity contribution in [3.05, 3.63) is 56.1 Å². The summed E-state index contributed by atoms with van der Waals surface area (Å²) in [6, 6.07) is 4.80. The number of aryl methyl sites for hydroxylation is 1. The van der Waals surface area contributed by atoms with Gasteiger partial charge in [0.05, 0.1) is 27.3 Å². The van der Waals surface area contributed by atoms with Crippen LogP contribution in [0.25, 0.3) is 21.5 Å². The predicted octanol–water partition coefficient (Wildman–Crippen LogP) is 3.09. The summed E-state index contributed by atoms with van der Waals surface area (Å²) in [6.07, 6.45) is 3.10. The number of pyridine rings is 1. The van der Waals surface area contributed by atoms with Gasteiger partial charge in [-0.2, -0.15) is 5.10 Å². The lowest BCUT2D eigenvalue weighted by Gasteiger charge is -2.05. The molecular formula is C15H10ClN7O3S. The summed E-state index contributed by atoms with van der Waals surface area (Å²) >= 11 is 7.55. The van der Waals surface area contributed by atoms with Crippen LogP contribution < -0.4 is 10.9 Å². The zero-order valence-corrected chi connectivity index (χ0v) is 15.2. The third kappa shape index (κ3) is 3.02. The standard InChI is InChI=1S/C15H10ClN7O3S/c1-22-6-7(4-11(14(22)24)23(25)26)13-20-21-15(27-13)18-10-3-2-9-8(12(10)16)5-17-19-9/h2-6H,1H3,(H,17,19)(H,18,21). The molecule has 0 aliphatic carbocycles. The van der Waals surface area contributed by atoms with Gasteiger partial charge in [0.25, 0.3) is 0 Å². The Kier molecular flexibility index (Phi) is 4.09. The van der Waals surface area contributed by atoms with Gasteiger partial charge in [-0.3, -0.25) is 20.0 Å². The molecule has 0 bridgehead atoms. The number of fused-ring (bicyclic) bond motifs is 1. The Morgan fingerprint density at radius 1 is 1.37 bits per heavy atom. The summed E-state index contributed by atoms with van der Waals surface area (Å²) in [5.74, 6) is 0. The molecule has 1 aromatic carbocycles. The Bertz CT molecular complexity index is 1250. The quantitative estimate of drug-likeness (QED) is 0.395. The highest BCUT2D eigenvalue weighted by Gasteiger charge is 2.18. The molecule has 3 aromatic heterocycles. The average molecular weight is 404 g/mol. The number of anilines is 2. The highest BCUT2D eigenvalue weighted by atomic mass is 35.5. The number of halogens is 1. The average Bonchev–Trinajstić information content (AvgIpc) is 3.29. The summed E-state index contributed by atoms with van der Waals surface area (Å²) < 4.78 is 1.14. The van der Waals surface area contributed by atoms with Crippen LogP contribution >= 0.6 is 22.9 Å². The molecule has 0 aliphatic heterocycles. The van der Waals surface area contributed by atoms with E-state index in [2.05, 4.69) is 25.7 Å². The van der Waals surface area contributed by atoms with Gasteiger partial charge in [0.15, 0.2) is 5.01 Å². The maximum absolute atomic E-state index is 11.8. The molecule has 0 atom stereocenters. The first-order valence-electron chi connectivity index (χ1n) is 7.51. The van der Waals surface area contributed by atoms with Crippen LogP contribution in [-0.2, 0) is 7.05 Å². The number of nitrogens with one attached hydrogen (secondary N) is 2. The van der Waals surface area contributed by atoms with E-state index in [-0.39, 0.29) is 0 Å². The smallest absolute Gasteiger partial charge is 0.329 e. The molecule has 0 amide bonds. The van der Waals surface area contributed by atoms with Crippen LogP contribution in [0.1, 0.15) is 0 Å². The lowest BCUT2D eigenvalue weighted by molar-refractivity contribution is -0.386. The number of aromatic amines is 1. The second-order valence-electron chi connectivity index (χ2n) is 5.58. The molecule has 0 fully saturated rings. The minimum Gasteiger partial charge on any atom is -0.329 e. The van der Waals surface area contributed by atoms with Crippen LogP contribution in [0.15, 0.2) is 35.4 Å². The molecule has 0 aliphatic rings. The SMILES string of the molecule is Cn1cc(-c2nnc(Nc3ccc4[nH]ncc4c3Cl)s2)cc([N+](=O)[O-])c1=O. The number of benzene rings is 1. The molecule has 0 unspecified atom stereocenters. The monoisotopic (exact) mass is 403 g/mol. The molecule has 0 saturated carbocycles. The zero-order chi connectivity index (χ0) is 19.1. The largest absolute Gasteiger partial charge is 0.334 e. The van der Waals surface area contributed by atoms with E-state index in [1.54, 1.807) is 12.3 Å². The molecule has 10 nitrogen and oxygen atoms in total. The topological polar surface area (TPSA) is 132 Å². The summed E-state index contributed by atoms with van der Waals surface area (Å²) in [4.78, 5) is 22.2. The van der Waals surface area contributed by atoms with Gasteiger partial charge < -0.3 is 9.88 Å². The number of nitrogens with zero attached hydrogens (tertiary/aromatic N) is 5. The van der Waals surface area contributed by atoms with Crippen LogP contribution in [0, 0.1) is 10.1 Å². The van der Waals surface area contributed by atoms with Crippen LogP contribution in [0.5, 0.6) is 0 Å². The lowest BCUT2D eigenvalue weighted by atomic mass is 10.2. The van der Waals surface area contributed by atoms with Crippen molar-refractivity contribution in [3.63, 3.8) is 0 Å². The van der Waals surface area contributed by atoms with Gasteiger partial charge >= 0.3 is 11.2 Å². The van der Waals surface area contributed by atoms with E-state index in [0.717, 1.165) is 15.5 Å². The van der Waals surface area contributed by atoms with Crippen molar-refractivity contribution in [1.29, 1.82) is 0 Å². The highest BCUT2D eigenvalue weighted by Crippen LogP contribution is 2.34.